The maximum absolute atomic E-state index is 11.5. The summed E-state index contributed by atoms with van der Waals surface area (Å²) >= 11 is 1.61. The van der Waals surface area contributed by atoms with Gasteiger partial charge >= 0.3 is 0 Å². The van der Waals surface area contributed by atoms with Crippen LogP contribution in [-0.4, -0.2) is 18.6 Å². The largest absolute Gasteiger partial charge is 0.369 e. The molecule has 1 heterocycles. The predicted molar refractivity (Wildman–Crippen MR) is 52.2 cm³/mol. The maximum atomic E-state index is 11.5. The van der Waals surface area contributed by atoms with Gasteiger partial charge in [0.2, 0.25) is 0 Å². The van der Waals surface area contributed by atoms with Crippen molar-refractivity contribution in [1.29, 1.82) is 0 Å². The Hall–Kier alpha value is -0.800. The van der Waals surface area contributed by atoms with E-state index in [0.29, 0.717) is 6.61 Å². The molecule has 3 heteroatoms. The SMILES string of the molecule is CSc1cccc2c1C(=O)COC2. The number of hydrogen-bond donors (Lipinski definition) is 0. The average Bonchev–Trinajstić information content (AvgIpc) is 2.17. The Bertz CT molecular complexity index is 333. The van der Waals surface area contributed by atoms with E-state index < -0.39 is 0 Å². The van der Waals surface area contributed by atoms with Gasteiger partial charge in [-0.3, -0.25) is 4.79 Å². The van der Waals surface area contributed by atoms with Crippen molar-refractivity contribution in [1.82, 2.24) is 0 Å². The molecule has 0 amide bonds. The topological polar surface area (TPSA) is 26.3 Å². The summed E-state index contributed by atoms with van der Waals surface area (Å²) in [5.41, 5.74) is 1.88. The molecule has 0 aliphatic carbocycles. The number of ketones is 1. The Morgan fingerprint density at radius 3 is 3.00 bits per heavy atom. The van der Waals surface area contributed by atoms with Crippen LogP contribution in [0.15, 0.2) is 23.1 Å². The predicted octanol–water partition coefficient (Wildman–Crippen LogP) is 2.12. The van der Waals surface area contributed by atoms with Crippen molar-refractivity contribution in [3.63, 3.8) is 0 Å². The van der Waals surface area contributed by atoms with E-state index in [0.717, 1.165) is 16.0 Å². The van der Waals surface area contributed by atoms with Crippen LogP contribution in [0.5, 0.6) is 0 Å². The third-order valence-corrected chi connectivity index (χ3v) is 2.88. The smallest absolute Gasteiger partial charge is 0.189 e. The number of fused-ring (bicyclic) bond motifs is 1. The second-order valence-electron chi connectivity index (χ2n) is 2.91. The Morgan fingerprint density at radius 2 is 2.23 bits per heavy atom. The summed E-state index contributed by atoms with van der Waals surface area (Å²) in [5.74, 6) is 0.103. The van der Waals surface area contributed by atoms with Crippen LogP contribution in [0.25, 0.3) is 0 Å². The van der Waals surface area contributed by atoms with Crippen LogP contribution in [0.4, 0.5) is 0 Å². The number of carbonyl (C=O) groups excluding carboxylic acids is 1. The number of carbonyl (C=O) groups is 1. The van der Waals surface area contributed by atoms with E-state index in [1.54, 1.807) is 11.8 Å². The van der Waals surface area contributed by atoms with Crippen LogP contribution < -0.4 is 0 Å². The van der Waals surface area contributed by atoms with E-state index >= 15 is 0 Å². The molecule has 0 atom stereocenters. The summed E-state index contributed by atoms with van der Waals surface area (Å²) in [4.78, 5) is 12.6. The molecule has 13 heavy (non-hydrogen) atoms. The van der Waals surface area contributed by atoms with Gasteiger partial charge in [-0.15, -0.1) is 11.8 Å². The molecule has 1 aliphatic rings. The number of rotatable bonds is 1. The molecule has 0 spiro atoms. The maximum Gasteiger partial charge on any atom is 0.189 e. The van der Waals surface area contributed by atoms with Crippen LogP contribution in [0, 0.1) is 0 Å². The van der Waals surface area contributed by atoms with Crippen molar-refractivity contribution in [3.05, 3.63) is 29.3 Å². The third-order valence-electron chi connectivity index (χ3n) is 2.10. The number of hydrogen-bond acceptors (Lipinski definition) is 3. The molecule has 0 unspecified atom stereocenters. The molecule has 0 saturated heterocycles. The van der Waals surface area contributed by atoms with Crippen molar-refractivity contribution in [2.45, 2.75) is 11.5 Å². The summed E-state index contributed by atoms with van der Waals surface area (Å²) < 4.78 is 5.15. The van der Waals surface area contributed by atoms with E-state index in [1.165, 1.54) is 0 Å². The van der Waals surface area contributed by atoms with Gasteiger partial charge in [0, 0.05) is 10.5 Å². The van der Waals surface area contributed by atoms with Crippen LogP contribution in [0.2, 0.25) is 0 Å². The fourth-order valence-corrected chi connectivity index (χ4v) is 2.17. The van der Waals surface area contributed by atoms with Crippen LogP contribution >= 0.6 is 11.8 Å². The highest BCUT2D eigenvalue weighted by Gasteiger charge is 2.20. The van der Waals surface area contributed by atoms with Crippen LogP contribution in [0.1, 0.15) is 15.9 Å². The van der Waals surface area contributed by atoms with Crippen LogP contribution in [0.3, 0.4) is 0 Å². The van der Waals surface area contributed by atoms with Crippen molar-refractivity contribution < 1.29 is 9.53 Å². The monoisotopic (exact) mass is 194 g/mol. The Kier molecular flexibility index (Phi) is 2.38. The average molecular weight is 194 g/mol. The summed E-state index contributed by atoms with van der Waals surface area (Å²) in [7, 11) is 0. The normalized spacial score (nSPS) is 15.6. The number of thioether (sulfide) groups is 1. The molecule has 2 rings (SSSR count). The zero-order valence-corrected chi connectivity index (χ0v) is 8.19. The van der Waals surface area contributed by atoms with E-state index in [4.69, 9.17) is 4.74 Å². The summed E-state index contributed by atoms with van der Waals surface area (Å²) in [6, 6.07) is 5.89. The first-order valence-electron chi connectivity index (χ1n) is 4.09. The fourth-order valence-electron chi connectivity index (χ4n) is 1.51. The fraction of sp³-hybridized carbons (Fsp3) is 0.300. The molecule has 0 bridgehead atoms. The van der Waals surface area contributed by atoms with Crippen molar-refractivity contribution in [2.75, 3.05) is 12.9 Å². The minimum absolute atomic E-state index is 0.103. The molecule has 0 aromatic heterocycles. The zero-order chi connectivity index (χ0) is 9.26. The summed E-state index contributed by atoms with van der Waals surface area (Å²) in [6.45, 7) is 0.792. The van der Waals surface area contributed by atoms with Gasteiger partial charge in [0.15, 0.2) is 5.78 Å². The van der Waals surface area contributed by atoms with Crippen molar-refractivity contribution in [2.24, 2.45) is 0 Å². The summed E-state index contributed by atoms with van der Waals surface area (Å²) in [5, 5.41) is 0. The van der Waals surface area contributed by atoms with Gasteiger partial charge in [-0.05, 0) is 17.9 Å². The first-order valence-corrected chi connectivity index (χ1v) is 5.32. The first-order chi connectivity index (χ1) is 6.33. The zero-order valence-electron chi connectivity index (χ0n) is 7.37. The van der Waals surface area contributed by atoms with Gasteiger partial charge in [-0.25, -0.2) is 0 Å². The van der Waals surface area contributed by atoms with E-state index in [1.807, 2.05) is 24.5 Å². The molecular weight excluding hydrogens is 184 g/mol. The minimum Gasteiger partial charge on any atom is -0.369 e. The quantitative estimate of drug-likeness (QED) is 0.640. The molecule has 68 valence electrons. The van der Waals surface area contributed by atoms with Gasteiger partial charge in [-0.1, -0.05) is 12.1 Å². The molecule has 0 N–H and O–H groups in total. The molecule has 1 aromatic rings. The number of benzene rings is 1. The highest BCUT2D eigenvalue weighted by atomic mass is 32.2. The lowest BCUT2D eigenvalue weighted by molar-refractivity contribution is 0.0660. The Morgan fingerprint density at radius 1 is 1.38 bits per heavy atom. The molecule has 2 nitrogen and oxygen atoms in total. The molecule has 1 aromatic carbocycles. The highest BCUT2D eigenvalue weighted by molar-refractivity contribution is 7.98. The van der Waals surface area contributed by atoms with E-state index in [-0.39, 0.29) is 12.4 Å². The van der Waals surface area contributed by atoms with Gasteiger partial charge in [0.25, 0.3) is 0 Å². The lowest BCUT2D eigenvalue weighted by Gasteiger charge is -2.17. The Labute approximate surface area is 81.3 Å². The molecule has 1 aliphatic heterocycles. The van der Waals surface area contributed by atoms with Crippen molar-refractivity contribution in [3.8, 4) is 0 Å². The van der Waals surface area contributed by atoms with E-state index in [9.17, 15) is 4.79 Å². The lowest BCUT2D eigenvalue weighted by Crippen LogP contribution is -2.18. The number of Topliss-reactive ketones (excluding diaryl/α,β-unsaturated/α-hetero) is 1. The van der Waals surface area contributed by atoms with Gasteiger partial charge in [0.05, 0.1) is 6.61 Å². The summed E-state index contributed by atoms with van der Waals surface area (Å²) in [6.07, 6.45) is 1.98. The van der Waals surface area contributed by atoms with Gasteiger partial charge in [0.1, 0.15) is 6.61 Å². The van der Waals surface area contributed by atoms with Crippen molar-refractivity contribution >= 4 is 17.5 Å². The minimum atomic E-state index is 0.103. The molecular formula is C10H10O2S. The molecule has 0 fully saturated rings. The van der Waals surface area contributed by atoms with Gasteiger partial charge in [-0.2, -0.15) is 0 Å². The van der Waals surface area contributed by atoms with E-state index in [2.05, 4.69) is 0 Å². The first kappa shape index (κ1) is 8.78. The lowest BCUT2D eigenvalue weighted by atomic mass is 10.0. The third kappa shape index (κ3) is 1.49. The molecule has 0 radical (unpaired) electrons. The second kappa shape index (κ2) is 3.52. The van der Waals surface area contributed by atoms with Gasteiger partial charge < -0.3 is 4.74 Å². The molecule has 0 saturated carbocycles. The van der Waals surface area contributed by atoms with Crippen LogP contribution in [-0.2, 0) is 11.3 Å². The Balaban J connectivity index is 2.56. The standard InChI is InChI=1S/C10H10O2S/c1-13-9-4-2-3-7-5-12-6-8(11)10(7)9/h2-4H,5-6H2,1H3. The second-order valence-corrected chi connectivity index (χ2v) is 3.76. The number of ether oxygens (including phenoxy) is 1. The highest BCUT2D eigenvalue weighted by Crippen LogP contribution is 2.26.